The summed E-state index contributed by atoms with van der Waals surface area (Å²) in [6, 6.07) is 11.8. The van der Waals surface area contributed by atoms with Gasteiger partial charge in [0.2, 0.25) is 0 Å². The lowest BCUT2D eigenvalue weighted by Gasteiger charge is -2.11. The summed E-state index contributed by atoms with van der Waals surface area (Å²) >= 11 is 0. The van der Waals surface area contributed by atoms with Crippen LogP contribution in [0.4, 0.5) is 0 Å². The van der Waals surface area contributed by atoms with E-state index in [0.29, 0.717) is 23.7 Å². The van der Waals surface area contributed by atoms with Gasteiger partial charge in [0.05, 0.1) is 7.11 Å². The number of phenols is 1. The molecule has 0 radical (unpaired) electrons. The minimum atomic E-state index is 0.198. The van der Waals surface area contributed by atoms with Crippen molar-refractivity contribution in [2.45, 2.75) is 6.61 Å². The van der Waals surface area contributed by atoms with Gasteiger partial charge in [0, 0.05) is 5.56 Å². The Morgan fingerprint density at radius 3 is 2.68 bits per heavy atom. The molecule has 0 atom stereocenters. The van der Waals surface area contributed by atoms with E-state index in [0.717, 1.165) is 11.8 Å². The highest BCUT2D eigenvalue weighted by Gasteiger charge is 2.06. The lowest BCUT2D eigenvalue weighted by molar-refractivity contribution is 0.112. The molecule has 4 heteroatoms. The van der Waals surface area contributed by atoms with E-state index in [1.165, 1.54) is 7.11 Å². The van der Waals surface area contributed by atoms with E-state index in [1.807, 2.05) is 6.07 Å². The fraction of sp³-hybridized carbons (Fsp3) is 0.133. The van der Waals surface area contributed by atoms with Crippen molar-refractivity contribution < 1.29 is 19.4 Å². The van der Waals surface area contributed by atoms with E-state index in [1.54, 1.807) is 36.4 Å². The number of aromatic hydroxyl groups is 1. The van der Waals surface area contributed by atoms with Crippen LogP contribution >= 0.6 is 0 Å². The molecule has 0 aromatic heterocycles. The molecule has 0 aliphatic rings. The lowest BCUT2D eigenvalue weighted by Crippen LogP contribution is -1.98. The van der Waals surface area contributed by atoms with Gasteiger partial charge in [0.15, 0.2) is 11.5 Å². The molecular formula is C15H14O4. The highest BCUT2D eigenvalue weighted by atomic mass is 16.5. The van der Waals surface area contributed by atoms with Gasteiger partial charge in [-0.15, -0.1) is 0 Å². The van der Waals surface area contributed by atoms with E-state index in [-0.39, 0.29) is 5.75 Å². The molecule has 98 valence electrons. The highest BCUT2D eigenvalue weighted by Crippen LogP contribution is 2.28. The number of methoxy groups -OCH3 is 1. The summed E-state index contributed by atoms with van der Waals surface area (Å²) in [5.41, 5.74) is 1.38. The van der Waals surface area contributed by atoms with Crippen LogP contribution < -0.4 is 9.47 Å². The van der Waals surface area contributed by atoms with Crippen molar-refractivity contribution in [2.75, 3.05) is 7.11 Å². The number of carbonyl (C=O) groups excluding carboxylic acids is 1. The number of carbonyl (C=O) groups is 1. The average Bonchev–Trinajstić information content (AvgIpc) is 2.45. The molecule has 2 aromatic rings. The first-order valence-electron chi connectivity index (χ1n) is 5.77. The van der Waals surface area contributed by atoms with Crippen LogP contribution in [0.3, 0.4) is 0 Å². The molecule has 2 rings (SSSR count). The van der Waals surface area contributed by atoms with E-state index in [9.17, 15) is 9.90 Å². The van der Waals surface area contributed by atoms with Crippen molar-refractivity contribution in [2.24, 2.45) is 0 Å². The van der Waals surface area contributed by atoms with Gasteiger partial charge in [-0.05, 0) is 35.9 Å². The van der Waals surface area contributed by atoms with Crippen LogP contribution in [0, 0.1) is 0 Å². The summed E-state index contributed by atoms with van der Waals surface area (Å²) < 4.78 is 10.8. The Kier molecular flexibility index (Phi) is 4.03. The number of rotatable bonds is 5. The maximum absolute atomic E-state index is 10.7. The second-order valence-corrected chi connectivity index (χ2v) is 3.99. The van der Waals surface area contributed by atoms with Gasteiger partial charge >= 0.3 is 0 Å². The molecule has 0 fully saturated rings. The Balaban J connectivity index is 2.13. The van der Waals surface area contributed by atoms with Crippen LogP contribution in [0.1, 0.15) is 15.9 Å². The summed E-state index contributed by atoms with van der Waals surface area (Å²) in [4.78, 5) is 10.7. The van der Waals surface area contributed by atoms with Crippen molar-refractivity contribution >= 4 is 6.29 Å². The first-order chi connectivity index (χ1) is 9.22. The summed E-state index contributed by atoms with van der Waals surface area (Å²) in [5, 5.41) is 9.36. The normalized spacial score (nSPS) is 9.95. The maximum atomic E-state index is 10.7. The van der Waals surface area contributed by atoms with Gasteiger partial charge in [0.1, 0.15) is 18.6 Å². The molecule has 0 spiro atoms. The van der Waals surface area contributed by atoms with Crippen LogP contribution in [0.5, 0.6) is 17.2 Å². The van der Waals surface area contributed by atoms with Crippen molar-refractivity contribution in [3.8, 4) is 17.2 Å². The Morgan fingerprint density at radius 1 is 1.16 bits per heavy atom. The van der Waals surface area contributed by atoms with Gasteiger partial charge in [-0.3, -0.25) is 4.79 Å². The monoisotopic (exact) mass is 258 g/mol. The molecule has 0 saturated heterocycles. The van der Waals surface area contributed by atoms with Crippen LogP contribution in [0.15, 0.2) is 42.5 Å². The summed E-state index contributed by atoms with van der Waals surface area (Å²) in [6.45, 7) is 0.311. The summed E-state index contributed by atoms with van der Waals surface area (Å²) in [6.07, 6.45) is 0.752. The van der Waals surface area contributed by atoms with Crippen LogP contribution in [0.2, 0.25) is 0 Å². The Morgan fingerprint density at radius 2 is 2.00 bits per heavy atom. The first-order valence-corrected chi connectivity index (χ1v) is 5.77. The third-order valence-corrected chi connectivity index (χ3v) is 2.63. The number of aldehydes is 1. The molecule has 1 N–H and O–H groups in total. The number of ether oxygens (including phenoxy) is 2. The fourth-order valence-electron chi connectivity index (χ4n) is 1.68. The van der Waals surface area contributed by atoms with E-state index < -0.39 is 0 Å². The molecule has 0 unspecified atom stereocenters. The SMILES string of the molecule is COc1cc(C=O)ccc1OCc1cccc(O)c1. The number of benzene rings is 2. The van der Waals surface area contributed by atoms with Gasteiger partial charge in [0.25, 0.3) is 0 Å². The molecule has 19 heavy (non-hydrogen) atoms. The largest absolute Gasteiger partial charge is 0.508 e. The molecule has 4 nitrogen and oxygen atoms in total. The minimum absolute atomic E-state index is 0.198. The first kappa shape index (κ1) is 13.0. The van der Waals surface area contributed by atoms with Crippen LogP contribution in [-0.4, -0.2) is 18.5 Å². The summed E-state index contributed by atoms with van der Waals surface area (Å²) in [5.74, 6) is 1.26. The van der Waals surface area contributed by atoms with Crippen molar-refractivity contribution in [3.05, 3.63) is 53.6 Å². The predicted molar refractivity (Wildman–Crippen MR) is 70.8 cm³/mol. The molecule has 0 bridgehead atoms. The van der Waals surface area contributed by atoms with Crippen molar-refractivity contribution in [1.82, 2.24) is 0 Å². The smallest absolute Gasteiger partial charge is 0.161 e. The number of hydrogen-bond donors (Lipinski definition) is 1. The van der Waals surface area contributed by atoms with Gasteiger partial charge in [-0.2, -0.15) is 0 Å². The number of hydrogen-bond acceptors (Lipinski definition) is 4. The van der Waals surface area contributed by atoms with Crippen molar-refractivity contribution in [1.29, 1.82) is 0 Å². The van der Waals surface area contributed by atoms with Gasteiger partial charge in [-0.1, -0.05) is 12.1 Å². The highest BCUT2D eigenvalue weighted by molar-refractivity contribution is 5.76. The van der Waals surface area contributed by atoms with E-state index in [4.69, 9.17) is 9.47 Å². The molecular weight excluding hydrogens is 244 g/mol. The molecule has 2 aromatic carbocycles. The van der Waals surface area contributed by atoms with Crippen molar-refractivity contribution in [3.63, 3.8) is 0 Å². The van der Waals surface area contributed by atoms with Crippen LogP contribution in [-0.2, 0) is 6.61 Å². The quantitative estimate of drug-likeness (QED) is 0.838. The van der Waals surface area contributed by atoms with E-state index >= 15 is 0 Å². The second kappa shape index (κ2) is 5.91. The molecule has 0 saturated carbocycles. The Hall–Kier alpha value is -2.49. The van der Waals surface area contributed by atoms with Gasteiger partial charge in [-0.25, -0.2) is 0 Å². The average molecular weight is 258 g/mol. The minimum Gasteiger partial charge on any atom is -0.508 e. The molecule has 0 aliphatic carbocycles. The standard InChI is InChI=1S/C15H14O4/c1-18-15-8-11(9-16)5-6-14(15)19-10-12-3-2-4-13(17)7-12/h2-9,17H,10H2,1H3. The summed E-state index contributed by atoms with van der Waals surface area (Å²) in [7, 11) is 1.52. The molecule has 0 heterocycles. The maximum Gasteiger partial charge on any atom is 0.161 e. The third kappa shape index (κ3) is 3.25. The zero-order valence-corrected chi connectivity index (χ0v) is 10.5. The lowest BCUT2D eigenvalue weighted by atomic mass is 10.2. The third-order valence-electron chi connectivity index (χ3n) is 2.63. The topological polar surface area (TPSA) is 55.8 Å². The van der Waals surface area contributed by atoms with E-state index in [2.05, 4.69) is 0 Å². The zero-order chi connectivity index (χ0) is 13.7. The van der Waals surface area contributed by atoms with Crippen LogP contribution in [0.25, 0.3) is 0 Å². The number of phenolic OH excluding ortho intramolecular Hbond substituents is 1. The molecule has 0 amide bonds. The second-order valence-electron chi connectivity index (χ2n) is 3.99. The zero-order valence-electron chi connectivity index (χ0n) is 10.5. The van der Waals surface area contributed by atoms with Gasteiger partial charge < -0.3 is 14.6 Å². The Bertz CT molecular complexity index is 578. The fourth-order valence-corrected chi connectivity index (χ4v) is 1.68. The molecule has 0 aliphatic heterocycles. The predicted octanol–water partition coefficient (Wildman–Crippen LogP) is 2.79. The Labute approximate surface area is 111 Å².